The van der Waals surface area contributed by atoms with Gasteiger partial charge >= 0.3 is 12.1 Å². The Morgan fingerprint density at radius 1 is 1.13 bits per heavy atom. The van der Waals surface area contributed by atoms with E-state index in [1.807, 2.05) is 43.3 Å². The minimum atomic E-state index is -0.470. The molecule has 0 aliphatic carbocycles. The second kappa shape index (κ2) is 10.5. The largest absolute Gasteiger partial charge is 0.464 e. The maximum atomic E-state index is 11.8. The first-order valence-electron chi connectivity index (χ1n) is 9.37. The van der Waals surface area contributed by atoms with Crippen molar-refractivity contribution in [3.63, 3.8) is 0 Å². The van der Waals surface area contributed by atoms with Crippen LogP contribution in [-0.4, -0.2) is 41.1 Å². The van der Waals surface area contributed by atoms with Crippen LogP contribution in [0, 0.1) is 6.92 Å². The molecule has 156 valence electrons. The lowest BCUT2D eigenvalue weighted by molar-refractivity contribution is 0.0589. The molecule has 0 bridgehead atoms. The van der Waals surface area contributed by atoms with Crippen LogP contribution in [0.3, 0.4) is 0 Å². The van der Waals surface area contributed by atoms with Gasteiger partial charge in [0, 0.05) is 22.9 Å². The van der Waals surface area contributed by atoms with Gasteiger partial charge in [0.15, 0.2) is 0 Å². The fourth-order valence-electron chi connectivity index (χ4n) is 2.85. The van der Waals surface area contributed by atoms with Crippen LogP contribution < -0.4 is 5.32 Å². The first-order chi connectivity index (χ1) is 14.6. The molecule has 7 nitrogen and oxygen atoms in total. The summed E-state index contributed by atoms with van der Waals surface area (Å²) < 4.78 is 11.8. The highest BCUT2D eigenvalue weighted by atomic mass is 32.2. The highest BCUT2D eigenvalue weighted by Crippen LogP contribution is 2.25. The second-order valence-corrected chi connectivity index (χ2v) is 7.55. The van der Waals surface area contributed by atoms with Crippen molar-refractivity contribution in [1.29, 1.82) is 0 Å². The normalized spacial score (nSPS) is 10.5. The molecule has 0 spiro atoms. The number of nitrogens with zero attached hydrogens (tertiary/aromatic N) is 2. The number of aromatic nitrogens is 2. The van der Waals surface area contributed by atoms with Crippen molar-refractivity contribution in [2.24, 2.45) is 0 Å². The molecule has 2 aromatic carbocycles. The minimum absolute atomic E-state index is 0.293. The van der Waals surface area contributed by atoms with Crippen LogP contribution in [0.15, 0.2) is 66.0 Å². The average Bonchev–Trinajstić information content (AvgIpc) is 3.22. The number of hydrogen-bond acceptors (Lipinski definition) is 6. The van der Waals surface area contributed by atoms with E-state index in [1.165, 1.54) is 13.3 Å². The van der Waals surface area contributed by atoms with Crippen LogP contribution in [0.1, 0.15) is 21.6 Å². The summed E-state index contributed by atoms with van der Waals surface area (Å²) in [6.45, 7) is 2.84. The zero-order chi connectivity index (χ0) is 21.3. The molecule has 0 saturated carbocycles. The minimum Gasteiger partial charge on any atom is -0.464 e. The number of hydrogen-bond donors (Lipinski definition) is 1. The number of nitrogens with one attached hydrogen (secondary N) is 1. The summed E-state index contributed by atoms with van der Waals surface area (Å²) in [4.78, 5) is 28.8. The van der Waals surface area contributed by atoms with Gasteiger partial charge < -0.3 is 14.0 Å². The molecule has 0 saturated heterocycles. The smallest absolute Gasteiger partial charge is 0.411 e. The lowest BCUT2D eigenvalue weighted by Crippen LogP contribution is -2.15. The second-order valence-electron chi connectivity index (χ2n) is 6.41. The number of thioether (sulfide) groups is 1. The summed E-state index contributed by atoms with van der Waals surface area (Å²) in [6, 6.07) is 15.2. The van der Waals surface area contributed by atoms with Gasteiger partial charge in [0.2, 0.25) is 0 Å². The third kappa shape index (κ3) is 5.64. The van der Waals surface area contributed by atoms with E-state index in [0.29, 0.717) is 30.3 Å². The van der Waals surface area contributed by atoms with Gasteiger partial charge in [-0.15, -0.1) is 11.8 Å². The Morgan fingerprint density at radius 2 is 1.93 bits per heavy atom. The number of ether oxygens (including phenoxy) is 2. The molecule has 1 amide bonds. The van der Waals surface area contributed by atoms with Gasteiger partial charge in [-0.1, -0.05) is 30.3 Å². The third-order valence-corrected chi connectivity index (χ3v) is 5.56. The number of methoxy groups -OCH3 is 1. The van der Waals surface area contributed by atoms with E-state index < -0.39 is 12.1 Å². The van der Waals surface area contributed by atoms with Gasteiger partial charge in [0.25, 0.3) is 0 Å². The number of imidazole rings is 1. The lowest BCUT2D eigenvalue weighted by atomic mass is 10.1. The number of benzene rings is 2. The molecule has 1 aromatic heterocycles. The van der Waals surface area contributed by atoms with Gasteiger partial charge in [-0.3, -0.25) is 5.32 Å². The van der Waals surface area contributed by atoms with Crippen molar-refractivity contribution >= 4 is 29.5 Å². The Morgan fingerprint density at radius 3 is 2.70 bits per heavy atom. The fraction of sp³-hybridized carbons (Fsp3) is 0.227. The zero-order valence-corrected chi connectivity index (χ0v) is 17.6. The van der Waals surface area contributed by atoms with Crippen molar-refractivity contribution in [1.82, 2.24) is 9.55 Å². The SMILES string of the molecule is COC(=O)c1cncn1Cc1cccc(SCCOC(=O)Nc2ccccc2)c1C. The summed E-state index contributed by atoms with van der Waals surface area (Å²) in [5.41, 5.74) is 3.30. The summed E-state index contributed by atoms with van der Waals surface area (Å²) in [6.07, 6.45) is 2.64. The van der Waals surface area contributed by atoms with Gasteiger partial charge in [0.05, 0.1) is 19.6 Å². The quantitative estimate of drug-likeness (QED) is 0.328. The summed E-state index contributed by atoms with van der Waals surface area (Å²) in [5, 5.41) is 2.69. The van der Waals surface area contributed by atoms with E-state index in [4.69, 9.17) is 9.47 Å². The fourth-order valence-corrected chi connectivity index (χ4v) is 3.76. The number of anilines is 1. The summed E-state index contributed by atoms with van der Waals surface area (Å²) >= 11 is 1.62. The van der Waals surface area contributed by atoms with Crippen molar-refractivity contribution in [2.45, 2.75) is 18.4 Å². The molecule has 0 atom stereocenters. The average molecular weight is 426 g/mol. The maximum Gasteiger partial charge on any atom is 0.411 e. The van der Waals surface area contributed by atoms with Crippen molar-refractivity contribution in [3.05, 3.63) is 77.9 Å². The van der Waals surface area contributed by atoms with Crippen molar-refractivity contribution < 1.29 is 19.1 Å². The van der Waals surface area contributed by atoms with Crippen LogP contribution in [0.5, 0.6) is 0 Å². The van der Waals surface area contributed by atoms with E-state index in [0.717, 1.165) is 16.0 Å². The van der Waals surface area contributed by atoms with Gasteiger partial charge in [-0.2, -0.15) is 0 Å². The van der Waals surface area contributed by atoms with Crippen LogP contribution >= 0.6 is 11.8 Å². The number of carbonyl (C=O) groups excluding carboxylic acids is 2. The Labute approximate surface area is 179 Å². The first kappa shape index (κ1) is 21.4. The van der Waals surface area contributed by atoms with Gasteiger partial charge in [-0.05, 0) is 36.2 Å². The number of rotatable bonds is 8. The molecule has 3 rings (SSSR count). The molecule has 0 unspecified atom stereocenters. The Hall–Kier alpha value is -3.26. The predicted octanol–water partition coefficient (Wildman–Crippen LogP) is 4.37. The van der Waals surface area contributed by atoms with E-state index >= 15 is 0 Å². The standard InChI is InChI=1S/C22H23N3O4S/c1-16-17(14-25-15-23-13-19(25)21(26)28-2)7-6-10-20(16)30-12-11-29-22(27)24-18-8-4-3-5-9-18/h3-10,13,15H,11-12,14H2,1-2H3,(H,24,27). The number of para-hydroxylation sites is 1. The highest BCUT2D eigenvalue weighted by molar-refractivity contribution is 7.99. The molecule has 8 heteroatoms. The number of amides is 1. The molecule has 0 radical (unpaired) electrons. The molecule has 3 aromatic rings. The highest BCUT2D eigenvalue weighted by Gasteiger charge is 2.13. The van der Waals surface area contributed by atoms with E-state index in [9.17, 15) is 9.59 Å². The number of carbonyl (C=O) groups is 2. The predicted molar refractivity (Wildman–Crippen MR) is 116 cm³/mol. The van der Waals surface area contributed by atoms with Gasteiger partial charge in [0.1, 0.15) is 12.3 Å². The lowest BCUT2D eigenvalue weighted by Gasteiger charge is -2.13. The van der Waals surface area contributed by atoms with E-state index in [2.05, 4.69) is 10.3 Å². The third-order valence-electron chi connectivity index (χ3n) is 4.44. The van der Waals surface area contributed by atoms with Crippen LogP contribution in [0.4, 0.5) is 10.5 Å². The Bertz CT molecular complexity index is 1000. The van der Waals surface area contributed by atoms with E-state index in [1.54, 1.807) is 34.8 Å². The molecule has 30 heavy (non-hydrogen) atoms. The van der Waals surface area contributed by atoms with Crippen LogP contribution in [0.2, 0.25) is 0 Å². The molecule has 1 heterocycles. The summed E-state index contributed by atoms with van der Waals surface area (Å²) in [5.74, 6) is 0.215. The topological polar surface area (TPSA) is 82.4 Å². The molecule has 0 fully saturated rings. The summed E-state index contributed by atoms with van der Waals surface area (Å²) in [7, 11) is 1.35. The monoisotopic (exact) mass is 425 g/mol. The first-order valence-corrected chi connectivity index (χ1v) is 10.4. The number of esters is 1. The van der Waals surface area contributed by atoms with E-state index in [-0.39, 0.29) is 0 Å². The van der Waals surface area contributed by atoms with Crippen molar-refractivity contribution in [2.75, 3.05) is 24.8 Å². The van der Waals surface area contributed by atoms with Crippen LogP contribution in [0.25, 0.3) is 0 Å². The molecular weight excluding hydrogens is 402 g/mol. The molecule has 0 aliphatic heterocycles. The van der Waals surface area contributed by atoms with Crippen molar-refractivity contribution in [3.8, 4) is 0 Å². The molecule has 0 aliphatic rings. The van der Waals surface area contributed by atoms with Crippen LogP contribution in [-0.2, 0) is 16.0 Å². The zero-order valence-electron chi connectivity index (χ0n) is 16.8. The molecular formula is C22H23N3O4S. The Balaban J connectivity index is 1.53. The Kier molecular flexibility index (Phi) is 7.51. The molecule has 1 N–H and O–H groups in total. The van der Waals surface area contributed by atoms with Gasteiger partial charge in [-0.25, -0.2) is 14.6 Å². The maximum absolute atomic E-state index is 11.8.